The monoisotopic (exact) mass is 264 g/mol. The number of halogens is 2. The van der Waals surface area contributed by atoms with Crippen molar-refractivity contribution in [1.82, 2.24) is 10.2 Å². The highest BCUT2D eigenvalue weighted by Gasteiger charge is 2.21. The van der Waals surface area contributed by atoms with Gasteiger partial charge in [0.05, 0.1) is 12.2 Å². The Morgan fingerprint density at radius 2 is 1.94 bits per heavy atom. The van der Waals surface area contributed by atoms with Crippen molar-refractivity contribution in [3.05, 3.63) is 0 Å². The van der Waals surface area contributed by atoms with E-state index in [1.54, 1.807) is 0 Å². The van der Waals surface area contributed by atoms with Gasteiger partial charge in [-0.3, -0.25) is 9.69 Å². The first-order chi connectivity index (χ1) is 8.49. The predicted molar refractivity (Wildman–Crippen MR) is 64.7 cm³/mol. The Balaban J connectivity index is 2.05. The van der Waals surface area contributed by atoms with Gasteiger partial charge in [-0.05, 0) is 33.2 Å². The van der Waals surface area contributed by atoms with E-state index in [-0.39, 0.29) is 12.2 Å². The van der Waals surface area contributed by atoms with Crippen LogP contribution in [0.3, 0.4) is 0 Å². The molecule has 0 unspecified atom stereocenters. The number of alkyl halides is 2. The first-order valence-electron chi connectivity index (χ1n) is 6.42. The van der Waals surface area contributed by atoms with E-state index in [1.807, 2.05) is 13.8 Å². The minimum absolute atomic E-state index is 0.243. The maximum Gasteiger partial charge on any atom is 0.315 e. The predicted octanol–water partition coefficient (Wildman–Crippen LogP) is 1.26. The average Bonchev–Trinajstić information content (AvgIpc) is 2.26. The number of hydrogen-bond acceptors (Lipinski definition) is 3. The van der Waals surface area contributed by atoms with Crippen molar-refractivity contribution in [2.45, 2.75) is 45.3 Å². The molecule has 1 aliphatic rings. The van der Waals surface area contributed by atoms with Gasteiger partial charge < -0.3 is 10.1 Å². The molecule has 106 valence electrons. The van der Waals surface area contributed by atoms with Crippen LogP contribution in [0.4, 0.5) is 8.78 Å². The fourth-order valence-corrected chi connectivity index (χ4v) is 2.22. The molecular formula is C12H22F2N2O2. The molecule has 6 heteroatoms. The standard InChI is InChI=1S/C12H22F2N2O2/c1-9-7-16(8-10(2)18-9)6-4-3-5-15-12(17)11(13)14/h9-11H,3-8H2,1-2H3,(H,15,17)/t9-,10-/m1/s1. The molecule has 0 saturated carbocycles. The van der Waals surface area contributed by atoms with Gasteiger partial charge in [0.15, 0.2) is 0 Å². The van der Waals surface area contributed by atoms with Gasteiger partial charge in [0.2, 0.25) is 0 Å². The van der Waals surface area contributed by atoms with Gasteiger partial charge >= 0.3 is 6.43 Å². The summed E-state index contributed by atoms with van der Waals surface area (Å²) in [5.74, 6) is -1.18. The number of rotatable bonds is 6. The number of amides is 1. The number of carbonyl (C=O) groups is 1. The van der Waals surface area contributed by atoms with Crippen molar-refractivity contribution in [2.75, 3.05) is 26.2 Å². The van der Waals surface area contributed by atoms with E-state index >= 15 is 0 Å². The second-order valence-corrected chi connectivity index (χ2v) is 4.82. The zero-order chi connectivity index (χ0) is 13.5. The highest BCUT2D eigenvalue weighted by molar-refractivity contribution is 5.78. The zero-order valence-corrected chi connectivity index (χ0v) is 11.0. The summed E-state index contributed by atoms with van der Waals surface area (Å²) in [5, 5.41) is 2.21. The van der Waals surface area contributed by atoms with E-state index in [0.717, 1.165) is 32.5 Å². The molecule has 0 aromatic heterocycles. The second-order valence-electron chi connectivity index (χ2n) is 4.82. The smallest absolute Gasteiger partial charge is 0.315 e. The summed E-state index contributed by atoms with van der Waals surface area (Å²) in [6, 6.07) is 0. The second kappa shape index (κ2) is 7.63. The summed E-state index contributed by atoms with van der Waals surface area (Å²) in [5.41, 5.74) is 0. The molecule has 2 atom stereocenters. The third-order valence-corrected chi connectivity index (χ3v) is 2.89. The van der Waals surface area contributed by atoms with E-state index in [9.17, 15) is 13.6 Å². The fraction of sp³-hybridized carbons (Fsp3) is 0.917. The van der Waals surface area contributed by atoms with Crippen molar-refractivity contribution >= 4 is 5.91 Å². The first-order valence-corrected chi connectivity index (χ1v) is 6.42. The molecule has 0 aromatic carbocycles. The Morgan fingerprint density at radius 1 is 1.33 bits per heavy atom. The van der Waals surface area contributed by atoms with E-state index in [2.05, 4.69) is 10.2 Å². The third-order valence-electron chi connectivity index (χ3n) is 2.89. The molecule has 0 aromatic rings. The Kier molecular flexibility index (Phi) is 6.49. The number of nitrogens with one attached hydrogen (secondary N) is 1. The molecule has 1 fully saturated rings. The van der Waals surface area contributed by atoms with Crippen LogP contribution in [0.15, 0.2) is 0 Å². The van der Waals surface area contributed by atoms with E-state index < -0.39 is 12.3 Å². The van der Waals surface area contributed by atoms with Gasteiger partial charge in [-0.2, -0.15) is 8.78 Å². The van der Waals surface area contributed by atoms with Crippen LogP contribution in [0.2, 0.25) is 0 Å². The topological polar surface area (TPSA) is 41.6 Å². The quantitative estimate of drug-likeness (QED) is 0.734. The van der Waals surface area contributed by atoms with E-state index in [4.69, 9.17) is 4.74 Å². The van der Waals surface area contributed by atoms with Crippen LogP contribution in [-0.2, 0) is 9.53 Å². The Hall–Kier alpha value is -0.750. The summed E-state index contributed by atoms with van der Waals surface area (Å²) < 4.78 is 29.4. The van der Waals surface area contributed by atoms with Crippen molar-refractivity contribution < 1.29 is 18.3 Å². The lowest BCUT2D eigenvalue weighted by Crippen LogP contribution is -2.45. The van der Waals surface area contributed by atoms with Crippen LogP contribution < -0.4 is 5.32 Å². The summed E-state index contributed by atoms with van der Waals surface area (Å²) in [6.45, 7) is 7.15. The summed E-state index contributed by atoms with van der Waals surface area (Å²) in [4.78, 5) is 12.9. The minimum atomic E-state index is -2.91. The van der Waals surface area contributed by atoms with Gasteiger partial charge in [-0.1, -0.05) is 0 Å². The normalized spacial score (nSPS) is 25.4. The number of ether oxygens (including phenoxy) is 1. The molecule has 1 amide bonds. The highest BCUT2D eigenvalue weighted by atomic mass is 19.3. The average molecular weight is 264 g/mol. The van der Waals surface area contributed by atoms with Gasteiger partial charge in [0.25, 0.3) is 5.91 Å². The molecule has 0 spiro atoms. The molecule has 1 rings (SSSR count). The van der Waals surface area contributed by atoms with Crippen LogP contribution >= 0.6 is 0 Å². The lowest BCUT2D eigenvalue weighted by molar-refractivity contribution is -0.131. The largest absolute Gasteiger partial charge is 0.373 e. The first kappa shape index (κ1) is 15.3. The van der Waals surface area contributed by atoms with Gasteiger partial charge in [-0.25, -0.2) is 0 Å². The van der Waals surface area contributed by atoms with Crippen molar-refractivity contribution in [1.29, 1.82) is 0 Å². The van der Waals surface area contributed by atoms with Crippen molar-refractivity contribution in [3.63, 3.8) is 0 Å². The number of morpholine rings is 1. The molecule has 0 radical (unpaired) electrons. The number of unbranched alkanes of at least 4 members (excludes halogenated alkanes) is 1. The summed E-state index contributed by atoms with van der Waals surface area (Å²) in [6.07, 6.45) is -0.813. The zero-order valence-electron chi connectivity index (χ0n) is 11.0. The van der Waals surface area contributed by atoms with Gasteiger partial charge in [0.1, 0.15) is 0 Å². The van der Waals surface area contributed by atoms with Crippen molar-refractivity contribution in [3.8, 4) is 0 Å². The minimum Gasteiger partial charge on any atom is -0.373 e. The van der Waals surface area contributed by atoms with E-state index in [1.165, 1.54) is 0 Å². The Labute approximate surface area is 107 Å². The molecule has 0 aliphatic carbocycles. The summed E-state index contributed by atoms with van der Waals surface area (Å²) >= 11 is 0. The molecule has 1 N–H and O–H groups in total. The molecule has 18 heavy (non-hydrogen) atoms. The number of nitrogens with zero attached hydrogens (tertiary/aromatic N) is 1. The maximum absolute atomic E-state index is 11.9. The molecule has 1 heterocycles. The number of hydrogen-bond donors (Lipinski definition) is 1. The molecule has 4 nitrogen and oxygen atoms in total. The third kappa shape index (κ3) is 5.73. The maximum atomic E-state index is 11.9. The van der Waals surface area contributed by atoms with Crippen LogP contribution in [0.25, 0.3) is 0 Å². The fourth-order valence-electron chi connectivity index (χ4n) is 2.22. The highest BCUT2D eigenvalue weighted by Crippen LogP contribution is 2.11. The molecule has 1 aliphatic heterocycles. The lowest BCUT2D eigenvalue weighted by atomic mass is 10.2. The number of carbonyl (C=O) groups excluding carboxylic acids is 1. The van der Waals surface area contributed by atoms with Crippen LogP contribution in [0.5, 0.6) is 0 Å². The lowest BCUT2D eigenvalue weighted by Gasteiger charge is -2.35. The van der Waals surface area contributed by atoms with Gasteiger partial charge in [-0.15, -0.1) is 0 Å². The SMILES string of the molecule is C[C@@H]1CN(CCCCNC(=O)C(F)F)C[C@@H](C)O1. The van der Waals surface area contributed by atoms with Crippen LogP contribution in [-0.4, -0.2) is 55.6 Å². The molecular weight excluding hydrogens is 242 g/mol. The Bertz CT molecular complexity index is 254. The summed E-state index contributed by atoms with van der Waals surface area (Å²) in [7, 11) is 0. The van der Waals surface area contributed by atoms with Crippen LogP contribution in [0.1, 0.15) is 26.7 Å². The Morgan fingerprint density at radius 3 is 2.50 bits per heavy atom. The molecule has 1 saturated heterocycles. The van der Waals surface area contributed by atoms with E-state index in [0.29, 0.717) is 6.54 Å². The van der Waals surface area contributed by atoms with Crippen LogP contribution in [0, 0.1) is 0 Å². The molecule has 0 bridgehead atoms. The van der Waals surface area contributed by atoms with Crippen molar-refractivity contribution in [2.24, 2.45) is 0 Å². The van der Waals surface area contributed by atoms with Gasteiger partial charge in [0, 0.05) is 19.6 Å².